The fourth-order valence-corrected chi connectivity index (χ4v) is 2.87. The van der Waals surface area contributed by atoms with Gasteiger partial charge in [0.2, 0.25) is 0 Å². The van der Waals surface area contributed by atoms with Gasteiger partial charge >= 0.3 is 5.97 Å². The monoisotopic (exact) mass is 376 g/mol. The lowest BCUT2D eigenvalue weighted by Gasteiger charge is -2.24. The van der Waals surface area contributed by atoms with Crippen molar-refractivity contribution in [1.29, 1.82) is 5.26 Å². The number of hydrogen-bond donors (Lipinski definition) is 0. The van der Waals surface area contributed by atoms with E-state index < -0.39 is 18.0 Å². The van der Waals surface area contributed by atoms with Crippen LogP contribution in [0.25, 0.3) is 5.65 Å². The van der Waals surface area contributed by atoms with Crippen molar-refractivity contribution in [1.82, 2.24) is 9.38 Å². The molecule has 2 aromatic heterocycles. The van der Waals surface area contributed by atoms with Crippen molar-refractivity contribution in [2.24, 2.45) is 0 Å². The molecule has 0 aliphatic rings. The van der Waals surface area contributed by atoms with Crippen molar-refractivity contribution in [3.05, 3.63) is 66.1 Å². The maximum Gasteiger partial charge on any atom is 0.359 e. The van der Waals surface area contributed by atoms with Crippen LogP contribution in [0, 0.1) is 18.3 Å². The first-order valence-corrected chi connectivity index (χ1v) is 8.90. The normalized spacial score (nSPS) is 11.6. The highest BCUT2D eigenvalue weighted by molar-refractivity contribution is 5.98. The summed E-state index contributed by atoms with van der Waals surface area (Å²) < 4.78 is 7.15. The first kappa shape index (κ1) is 19.1. The van der Waals surface area contributed by atoms with Gasteiger partial charge in [-0.3, -0.25) is 4.79 Å². The van der Waals surface area contributed by atoms with Crippen molar-refractivity contribution in [2.45, 2.75) is 26.4 Å². The highest BCUT2D eigenvalue weighted by Crippen LogP contribution is 2.17. The number of pyridine rings is 1. The molecule has 7 nitrogen and oxygen atoms in total. The zero-order chi connectivity index (χ0) is 20.1. The van der Waals surface area contributed by atoms with E-state index in [1.54, 1.807) is 40.9 Å². The van der Waals surface area contributed by atoms with E-state index in [4.69, 9.17) is 10.00 Å². The molecule has 3 rings (SSSR count). The second-order valence-electron chi connectivity index (χ2n) is 6.30. The SMILES string of the molecule is Cc1cccc2nc(C(=O)OC(C)C(=O)N(CCC#N)c3ccccc3)cn12. The number of nitrogens with zero attached hydrogens (tertiary/aromatic N) is 4. The minimum absolute atomic E-state index is 0.136. The predicted molar refractivity (Wildman–Crippen MR) is 104 cm³/mol. The number of fused-ring (bicyclic) bond motifs is 1. The summed E-state index contributed by atoms with van der Waals surface area (Å²) in [4.78, 5) is 31.1. The van der Waals surface area contributed by atoms with E-state index in [9.17, 15) is 9.59 Å². The van der Waals surface area contributed by atoms with Crippen LogP contribution in [0.1, 0.15) is 29.5 Å². The molecule has 0 saturated carbocycles. The van der Waals surface area contributed by atoms with Crippen molar-refractivity contribution in [2.75, 3.05) is 11.4 Å². The lowest BCUT2D eigenvalue weighted by Crippen LogP contribution is -2.40. The van der Waals surface area contributed by atoms with Crippen molar-refractivity contribution in [3.63, 3.8) is 0 Å². The Morgan fingerprint density at radius 2 is 1.96 bits per heavy atom. The molecule has 1 unspecified atom stereocenters. The van der Waals surface area contributed by atoms with Crippen LogP contribution in [-0.4, -0.2) is 33.9 Å². The molecule has 28 heavy (non-hydrogen) atoms. The Labute approximate surface area is 162 Å². The summed E-state index contributed by atoms with van der Waals surface area (Å²) in [6.07, 6.45) is 0.749. The third-order valence-corrected chi connectivity index (χ3v) is 4.32. The topological polar surface area (TPSA) is 87.7 Å². The molecule has 1 amide bonds. The Bertz CT molecular complexity index is 1040. The average Bonchev–Trinajstić information content (AvgIpc) is 3.15. The van der Waals surface area contributed by atoms with Gasteiger partial charge in [-0.15, -0.1) is 0 Å². The molecule has 1 atom stereocenters. The van der Waals surface area contributed by atoms with Crippen molar-refractivity contribution in [3.8, 4) is 6.07 Å². The fraction of sp³-hybridized carbons (Fsp3) is 0.238. The van der Waals surface area contributed by atoms with Crippen LogP contribution in [0.3, 0.4) is 0 Å². The summed E-state index contributed by atoms with van der Waals surface area (Å²) in [6.45, 7) is 3.64. The van der Waals surface area contributed by atoms with Gasteiger partial charge in [0.25, 0.3) is 5.91 Å². The standard InChI is InChI=1S/C21H20N4O3/c1-15-8-6-11-19-23-18(14-25(15)19)21(27)28-16(2)20(26)24(13-7-12-22)17-9-4-3-5-10-17/h3-6,8-11,14,16H,7,13H2,1-2H3. The maximum atomic E-state index is 12.9. The number of rotatable bonds is 6. The van der Waals surface area contributed by atoms with Crippen LogP contribution >= 0.6 is 0 Å². The molecular formula is C21H20N4O3. The highest BCUT2D eigenvalue weighted by atomic mass is 16.5. The fourth-order valence-electron chi connectivity index (χ4n) is 2.87. The number of esters is 1. The van der Waals surface area contributed by atoms with Gasteiger partial charge < -0.3 is 14.0 Å². The van der Waals surface area contributed by atoms with Gasteiger partial charge in [0.05, 0.1) is 12.5 Å². The summed E-state index contributed by atoms with van der Waals surface area (Å²) in [5.41, 5.74) is 2.34. The number of amides is 1. The molecule has 0 spiro atoms. The molecule has 0 aliphatic heterocycles. The number of imidazole rings is 1. The number of benzene rings is 1. The first-order chi connectivity index (χ1) is 13.5. The Hall–Kier alpha value is -3.66. The number of aromatic nitrogens is 2. The van der Waals surface area contributed by atoms with Crippen LogP contribution in [-0.2, 0) is 9.53 Å². The number of nitriles is 1. The van der Waals surface area contributed by atoms with E-state index in [-0.39, 0.29) is 18.7 Å². The zero-order valence-corrected chi connectivity index (χ0v) is 15.7. The van der Waals surface area contributed by atoms with E-state index in [0.29, 0.717) is 11.3 Å². The number of carbonyl (C=O) groups is 2. The summed E-state index contributed by atoms with van der Waals surface area (Å²) >= 11 is 0. The number of ether oxygens (including phenoxy) is 1. The van der Waals surface area contributed by atoms with Gasteiger partial charge in [-0.1, -0.05) is 24.3 Å². The molecule has 0 N–H and O–H groups in total. The summed E-state index contributed by atoms with van der Waals surface area (Å²) in [5.74, 6) is -1.06. The molecule has 142 valence electrons. The van der Waals surface area contributed by atoms with E-state index in [2.05, 4.69) is 4.98 Å². The van der Waals surface area contributed by atoms with Gasteiger partial charge in [-0.25, -0.2) is 9.78 Å². The molecule has 1 aromatic carbocycles. The number of carbonyl (C=O) groups excluding carboxylic acids is 2. The van der Waals surface area contributed by atoms with Crippen molar-refractivity contribution < 1.29 is 14.3 Å². The number of anilines is 1. The zero-order valence-electron chi connectivity index (χ0n) is 15.7. The van der Waals surface area contributed by atoms with Crippen molar-refractivity contribution >= 4 is 23.2 Å². The molecule has 0 bridgehead atoms. The van der Waals surface area contributed by atoms with Crippen LogP contribution in [0.5, 0.6) is 0 Å². The molecule has 0 aliphatic carbocycles. The Kier molecular flexibility index (Phi) is 5.70. The molecule has 2 heterocycles. The summed E-state index contributed by atoms with van der Waals surface area (Å²) in [6, 6.07) is 16.6. The summed E-state index contributed by atoms with van der Waals surface area (Å²) in [5, 5.41) is 8.88. The van der Waals surface area contributed by atoms with Crippen LogP contribution < -0.4 is 4.90 Å². The minimum atomic E-state index is -1.02. The lowest BCUT2D eigenvalue weighted by atomic mass is 10.2. The largest absolute Gasteiger partial charge is 0.448 e. The number of para-hydroxylation sites is 1. The molecule has 0 fully saturated rings. The van der Waals surface area contributed by atoms with Gasteiger partial charge in [-0.2, -0.15) is 5.26 Å². The highest BCUT2D eigenvalue weighted by Gasteiger charge is 2.26. The number of hydrogen-bond acceptors (Lipinski definition) is 5. The van der Waals surface area contributed by atoms with Gasteiger partial charge in [-0.05, 0) is 38.1 Å². The Morgan fingerprint density at radius 3 is 2.64 bits per heavy atom. The summed E-state index contributed by atoms with van der Waals surface area (Å²) in [7, 11) is 0. The van der Waals surface area contributed by atoms with E-state index in [0.717, 1.165) is 5.69 Å². The average molecular weight is 376 g/mol. The first-order valence-electron chi connectivity index (χ1n) is 8.90. The minimum Gasteiger partial charge on any atom is -0.448 e. The maximum absolute atomic E-state index is 12.9. The molecule has 0 saturated heterocycles. The quantitative estimate of drug-likeness (QED) is 0.617. The van der Waals surface area contributed by atoms with Gasteiger partial charge in [0.15, 0.2) is 11.8 Å². The Balaban J connectivity index is 1.76. The van der Waals surface area contributed by atoms with Crippen LogP contribution in [0.2, 0.25) is 0 Å². The van der Waals surface area contributed by atoms with Crippen LogP contribution in [0.4, 0.5) is 5.69 Å². The lowest BCUT2D eigenvalue weighted by molar-refractivity contribution is -0.126. The van der Waals surface area contributed by atoms with E-state index in [1.807, 2.05) is 31.2 Å². The Morgan fingerprint density at radius 1 is 1.21 bits per heavy atom. The molecule has 7 heteroatoms. The third kappa shape index (κ3) is 4.01. The second-order valence-corrected chi connectivity index (χ2v) is 6.30. The second kappa shape index (κ2) is 8.35. The smallest absolute Gasteiger partial charge is 0.359 e. The third-order valence-electron chi connectivity index (χ3n) is 4.32. The van der Waals surface area contributed by atoms with E-state index in [1.165, 1.54) is 11.8 Å². The predicted octanol–water partition coefficient (Wildman–Crippen LogP) is 3.13. The molecule has 0 radical (unpaired) electrons. The van der Waals surface area contributed by atoms with Gasteiger partial charge in [0, 0.05) is 24.1 Å². The molecule has 3 aromatic rings. The van der Waals surface area contributed by atoms with E-state index >= 15 is 0 Å². The van der Waals surface area contributed by atoms with Crippen LogP contribution in [0.15, 0.2) is 54.7 Å². The number of aryl methyl sites for hydroxylation is 1. The van der Waals surface area contributed by atoms with Gasteiger partial charge in [0.1, 0.15) is 5.65 Å². The molecular weight excluding hydrogens is 356 g/mol.